The molecule has 0 radical (unpaired) electrons. The van der Waals surface area contributed by atoms with Crippen LogP contribution in [0.1, 0.15) is 15.4 Å². The van der Waals surface area contributed by atoms with Gasteiger partial charge in [0.25, 0.3) is 0 Å². The first kappa shape index (κ1) is 12.4. The Bertz CT molecular complexity index is 590. The number of hydrogen-bond acceptors (Lipinski definition) is 6. The second-order valence-corrected chi connectivity index (χ2v) is 4.75. The van der Waals surface area contributed by atoms with Crippen molar-refractivity contribution in [3.8, 4) is 5.88 Å². The molecule has 0 aromatic carbocycles. The first-order valence-corrected chi connectivity index (χ1v) is 5.88. The molecule has 0 fully saturated rings. The Labute approximate surface area is 107 Å². The molecule has 0 aliphatic rings. The molecule has 2 aromatic rings. The third-order valence-electron chi connectivity index (χ3n) is 2.28. The van der Waals surface area contributed by atoms with Gasteiger partial charge in [-0.2, -0.15) is 5.10 Å². The highest BCUT2D eigenvalue weighted by atomic mass is 32.1. The zero-order valence-corrected chi connectivity index (χ0v) is 10.9. The number of ether oxygens (including phenoxy) is 1. The third-order valence-corrected chi connectivity index (χ3v) is 3.17. The Morgan fingerprint density at radius 3 is 2.83 bits per heavy atom. The lowest BCUT2D eigenvalue weighted by Gasteiger charge is -1.95. The maximum Gasteiger partial charge on any atom is 0.355 e. The number of aryl methyl sites for hydroxylation is 2. The Morgan fingerprint density at radius 1 is 1.61 bits per heavy atom. The normalized spacial score (nSPS) is 10.4. The fraction of sp³-hybridized carbons (Fsp3) is 0.300. The van der Waals surface area contributed by atoms with Gasteiger partial charge in [0.15, 0.2) is 16.6 Å². The maximum absolute atomic E-state index is 10.9. The second kappa shape index (κ2) is 4.65. The molecule has 0 atom stereocenters. The summed E-state index contributed by atoms with van der Waals surface area (Å²) >= 11 is 1.27. The van der Waals surface area contributed by atoms with Gasteiger partial charge in [-0.3, -0.25) is 0 Å². The number of thiazole rings is 1. The number of rotatable bonds is 4. The van der Waals surface area contributed by atoms with Crippen LogP contribution in [-0.2, 0) is 7.05 Å². The topological polar surface area (TPSA) is 89.3 Å². The Morgan fingerprint density at radius 2 is 2.33 bits per heavy atom. The van der Waals surface area contributed by atoms with Gasteiger partial charge in [-0.1, -0.05) is 0 Å². The van der Waals surface area contributed by atoms with Crippen molar-refractivity contribution in [3.63, 3.8) is 0 Å². The van der Waals surface area contributed by atoms with Crippen LogP contribution in [0.25, 0.3) is 0 Å². The number of nitrogens with zero attached hydrogens (tertiary/aromatic N) is 3. The molecule has 0 bridgehead atoms. The average Bonchev–Trinajstić information content (AvgIpc) is 2.82. The van der Waals surface area contributed by atoms with E-state index in [2.05, 4.69) is 15.4 Å². The molecule has 0 spiro atoms. The highest BCUT2D eigenvalue weighted by molar-refractivity contribution is 7.15. The Hall–Kier alpha value is -2.09. The highest BCUT2D eigenvalue weighted by Crippen LogP contribution is 2.26. The molecule has 0 unspecified atom stereocenters. The second-order valence-electron chi connectivity index (χ2n) is 3.55. The van der Waals surface area contributed by atoms with Crippen LogP contribution in [0.15, 0.2) is 6.07 Å². The molecule has 2 aromatic heterocycles. The Kier molecular flexibility index (Phi) is 3.19. The lowest BCUT2D eigenvalue weighted by atomic mass is 10.4. The predicted octanol–water partition coefficient (Wildman–Crippen LogP) is 1.64. The van der Waals surface area contributed by atoms with E-state index in [1.165, 1.54) is 11.3 Å². The summed E-state index contributed by atoms with van der Waals surface area (Å²) < 4.78 is 6.65. The fourth-order valence-corrected chi connectivity index (χ4v) is 2.27. The number of aromatic nitrogens is 3. The van der Waals surface area contributed by atoms with Crippen molar-refractivity contribution < 1.29 is 14.6 Å². The van der Waals surface area contributed by atoms with E-state index in [1.54, 1.807) is 31.8 Å². The van der Waals surface area contributed by atoms with Gasteiger partial charge in [-0.25, -0.2) is 14.5 Å². The summed E-state index contributed by atoms with van der Waals surface area (Å²) in [5.74, 6) is 0.125. The molecule has 96 valence electrons. The van der Waals surface area contributed by atoms with Gasteiger partial charge in [0.2, 0.25) is 5.88 Å². The minimum absolute atomic E-state index is 0.0606. The molecule has 0 saturated heterocycles. The SMILES string of the molecule is COc1cc(Nc2nc(C(=O)O)c(C)s2)nn1C. The molecule has 0 amide bonds. The summed E-state index contributed by atoms with van der Waals surface area (Å²) in [5.41, 5.74) is 0.0606. The number of nitrogens with one attached hydrogen (secondary N) is 1. The summed E-state index contributed by atoms with van der Waals surface area (Å²) in [6.07, 6.45) is 0. The van der Waals surface area contributed by atoms with Crippen LogP contribution in [0.5, 0.6) is 5.88 Å². The van der Waals surface area contributed by atoms with E-state index in [-0.39, 0.29) is 5.69 Å². The molecule has 8 heteroatoms. The monoisotopic (exact) mass is 268 g/mol. The van der Waals surface area contributed by atoms with Crippen molar-refractivity contribution in [3.05, 3.63) is 16.6 Å². The van der Waals surface area contributed by atoms with E-state index in [9.17, 15) is 4.79 Å². The fourth-order valence-electron chi connectivity index (χ4n) is 1.46. The van der Waals surface area contributed by atoms with E-state index in [0.29, 0.717) is 21.7 Å². The molecule has 2 N–H and O–H groups in total. The molecule has 2 heterocycles. The quantitative estimate of drug-likeness (QED) is 0.876. The first-order valence-electron chi connectivity index (χ1n) is 5.07. The zero-order valence-electron chi connectivity index (χ0n) is 10.1. The number of carbonyl (C=O) groups is 1. The molecular weight excluding hydrogens is 256 g/mol. The number of carboxylic acid groups (broad SMARTS) is 1. The van der Waals surface area contributed by atoms with Crippen LogP contribution >= 0.6 is 11.3 Å². The molecule has 0 aliphatic carbocycles. The standard InChI is InChI=1S/C10H12N4O3S/c1-5-8(9(15)16)12-10(18-5)11-6-4-7(17-3)14(2)13-6/h4H,1-3H3,(H,15,16)(H,11,12,13). The Balaban J connectivity index is 2.23. The highest BCUT2D eigenvalue weighted by Gasteiger charge is 2.15. The lowest BCUT2D eigenvalue weighted by molar-refractivity contribution is 0.0690. The van der Waals surface area contributed by atoms with Gasteiger partial charge < -0.3 is 15.2 Å². The smallest absolute Gasteiger partial charge is 0.355 e. The van der Waals surface area contributed by atoms with E-state index < -0.39 is 5.97 Å². The van der Waals surface area contributed by atoms with Gasteiger partial charge in [0.1, 0.15) is 0 Å². The maximum atomic E-state index is 10.9. The molecular formula is C10H12N4O3S. The number of carboxylic acids is 1. The number of hydrogen-bond donors (Lipinski definition) is 2. The van der Waals surface area contributed by atoms with E-state index >= 15 is 0 Å². The average molecular weight is 268 g/mol. The minimum Gasteiger partial charge on any atom is -0.481 e. The molecule has 18 heavy (non-hydrogen) atoms. The predicted molar refractivity (Wildman–Crippen MR) is 66.9 cm³/mol. The summed E-state index contributed by atoms with van der Waals surface area (Å²) in [4.78, 5) is 15.5. The van der Waals surface area contributed by atoms with Gasteiger partial charge in [-0.15, -0.1) is 11.3 Å². The summed E-state index contributed by atoms with van der Waals surface area (Å²) in [5, 5.41) is 16.5. The zero-order chi connectivity index (χ0) is 13.3. The molecule has 0 saturated carbocycles. The summed E-state index contributed by atoms with van der Waals surface area (Å²) in [6, 6.07) is 1.71. The van der Waals surface area contributed by atoms with Crippen LogP contribution in [0.3, 0.4) is 0 Å². The summed E-state index contributed by atoms with van der Waals surface area (Å²) in [7, 11) is 3.30. The van der Waals surface area contributed by atoms with Crippen LogP contribution in [0, 0.1) is 6.92 Å². The van der Waals surface area contributed by atoms with Crippen molar-refractivity contribution in [1.29, 1.82) is 0 Å². The number of anilines is 2. The number of aromatic carboxylic acids is 1. The van der Waals surface area contributed by atoms with Gasteiger partial charge >= 0.3 is 5.97 Å². The molecule has 2 rings (SSSR count). The van der Waals surface area contributed by atoms with Crippen molar-refractivity contribution >= 4 is 28.3 Å². The van der Waals surface area contributed by atoms with Crippen molar-refractivity contribution in [2.24, 2.45) is 7.05 Å². The molecule has 7 nitrogen and oxygen atoms in total. The minimum atomic E-state index is -1.03. The number of methoxy groups -OCH3 is 1. The van der Waals surface area contributed by atoms with E-state index in [4.69, 9.17) is 9.84 Å². The first-order chi connectivity index (χ1) is 8.51. The van der Waals surface area contributed by atoms with E-state index in [1.807, 2.05) is 0 Å². The van der Waals surface area contributed by atoms with Crippen LogP contribution in [0.2, 0.25) is 0 Å². The molecule has 0 aliphatic heterocycles. The van der Waals surface area contributed by atoms with Gasteiger partial charge in [0, 0.05) is 18.0 Å². The summed E-state index contributed by atoms with van der Waals surface area (Å²) in [6.45, 7) is 1.71. The van der Waals surface area contributed by atoms with Gasteiger partial charge in [-0.05, 0) is 6.92 Å². The van der Waals surface area contributed by atoms with Crippen molar-refractivity contribution in [2.45, 2.75) is 6.92 Å². The van der Waals surface area contributed by atoms with Crippen LogP contribution in [-0.4, -0.2) is 33.0 Å². The lowest BCUT2D eigenvalue weighted by Crippen LogP contribution is -1.99. The van der Waals surface area contributed by atoms with Crippen LogP contribution < -0.4 is 10.1 Å². The van der Waals surface area contributed by atoms with Crippen molar-refractivity contribution in [2.75, 3.05) is 12.4 Å². The van der Waals surface area contributed by atoms with E-state index in [0.717, 1.165) is 0 Å². The largest absolute Gasteiger partial charge is 0.481 e. The third kappa shape index (κ3) is 2.28. The van der Waals surface area contributed by atoms with Crippen molar-refractivity contribution in [1.82, 2.24) is 14.8 Å². The van der Waals surface area contributed by atoms with Crippen LogP contribution in [0.4, 0.5) is 10.9 Å². The van der Waals surface area contributed by atoms with Gasteiger partial charge in [0.05, 0.1) is 7.11 Å².